The molecule has 0 aromatic carbocycles. The van der Waals surface area contributed by atoms with Gasteiger partial charge in [-0.05, 0) is 38.1 Å². The lowest BCUT2D eigenvalue weighted by atomic mass is 9.96. The lowest BCUT2D eigenvalue weighted by molar-refractivity contribution is -0.122. The first kappa shape index (κ1) is 14.7. The van der Waals surface area contributed by atoms with Crippen molar-refractivity contribution in [3.8, 4) is 0 Å². The highest BCUT2D eigenvalue weighted by molar-refractivity contribution is 5.78. The molecular formula is C16H21N5O. The SMILES string of the molecule is C=CCNC(=O)CN1CCC(c2nnc3ccccn23)CC1. The van der Waals surface area contributed by atoms with Crippen molar-refractivity contribution in [3.63, 3.8) is 0 Å². The fourth-order valence-corrected chi connectivity index (χ4v) is 2.93. The number of amides is 1. The third kappa shape index (κ3) is 3.17. The van der Waals surface area contributed by atoms with Gasteiger partial charge in [-0.3, -0.25) is 14.1 Å². The molecule has 6 nitrogen and oxygen atoms in total. The number of nitrogens with one attached hydrogen (secondary N) is 1. The molecule has 0 unspecified atom stereocenters. The van der Waals surface area contributed by atoms with Crippen molar-refractivity contribution in [1.82, 2.24) is 24.8 Å². The van der Waals surface area contributed by atoms with Crippen molar-refractivity contribution in [2.24, 2.45) is 0 Å². The second-order valence-electron chi connectivity index (χ2n) is 5.63. The molecular weight excluding hydrogens is 278 g/mol. The highest BCUT2D eigenvalue weighted by atomic mass is 16.2. The standard InChI is InChI=1S/C16H21N5O/c1-2-8-17-15(22)12-20-10-6-13(7-11-20)16-19-18-14-5-3-4-9-21(14)16/h2-5,9,13H,1,6-8,10-12H2,(H,17,22). The average Bonchev–Trinajstić information content (AvgIpc) is 2.98. The molecule has 0 bridgehead atoms. The number of pyridine rings is 1. The van der Waals surface area contributed by atoms with Gasteiger partial charge in [0, 0.05) is 18.7 Å². The Labute approximate surface area is 129 Å². The van der Waals surface area contributed by atoms with Crippen molar-refractivity contribution in [3.05, 3.63) is 42.9 Å². The number of piperidine rings is 1. The summed E-state index contributed by atoms with van der Waals surface area (Å²) in [4.78, 5) is 13.9. The van der Waals surface area contributed by atoms with Crippen LogP contribution in [-0.2, 0) is 4.79 Å². The first-order valence-electron chi connectivity index (χ1n) is 7.67. The zero-order valence-corrected chi connectivity index (χ0v) is 12.6. The van der Waals surface area contributed by atoms with Crippen molar-refractivity contribution in [2.45, 2.75) is 18.8 Å². The topological polar surface area (TPSA) is 62.5 Å². The summed E-state index contributed by atoms with van der Waals surface area (Å²) in [5.41, 5.74) is 0.892. The van der Waals surface area contributed by atoms with Gasteiger partial charge in [0.25, 0.3) is 0 Å². The Morgan fingerprint density at radius 3 is 2.95 bits per heavy atom. The number of hydrogen-bond acceptors (Lipinski definition) is 4. The van der Waals surface area contributed by atoms with Crippen molar-refractivity contribution in [1.29, 1.82) is 0 Å². The molecule has 1 N–H and O–H groups in total. The van der Waals surface area contributed by atoms with Gasteiger partial charge in [-0.1, -0.05) is 12.1 Å². The molecule has 0 saturated carbocycles. The van der Waals surface area contributed by atoms with E-state index in [1.807, 2.05) is 24.4 Å². The molecule has 2 aromatic heterocycles. The molecule has 1 aliphatic heterocycles. The van der Waals surface area contributed by atoms with E-state index in [0.717, 1.165) is 37.4 Å². The largest absolute Gasteiger partial charge is 0.352 e. The summed E-state index contributed by atoms with van der Waals surface area (Å²) < 4.78 is 2.07. The Bertz CT molecular complexity index is 657. The summed E-state index contributed by atoms with van der Waals surface area (Å²) >= 11 is 0. The quantitative estimate of drug-likeness (QED) is 0.843. The first-order chi connectivity index (χ1) is 10.8. The van der Waals surface area contributed by atoms with Gasteiger partial charge in [0.2, 0.25) is 5.91 Å². The number of aromatic nitrogens is 3. The van der Waals surface area contributed by atoms with Gasteiger partial charge in [-0.15, -0.1) is 16.8 Å². The molecule has 116 valence electrons. The summed E-state index contributed by atoms with van der Waals surface area (Å²) in [6, 6.07) is 5.94. The molecule has 22 heavy (non-hydrogen) atoms. The summed E-state index contributed by atoms with van der Waals surface area (Å²) in [5.74, 6) is 1.50. The van der Waals surface area contributed by atoms with Crippen LogP contribution in [0.4, 0.5) is 0 Å². The zero-order valence-electron chi connectivity index (χ0n) is 12.6. The van der Waals surface area contributed by atoms with E-state index >= 15 is 0 Å². The molecule has 1 amide bonds. The Hall–Kier alpha value is -2.21. The summed E-state index contributed by atoms with van der Waals surface area (Å²) in [6.45, 7) is 6.41. The molecule has 0 aliphatic carbocycles. The van der Waals surface area contributed by atoms with Gasteiger partial charge in [0.05, 0.1) is 6.54 Å². The van der Waals surface area contributed by atoms with E-state index < -0.39 is 0 Å². The maximum atomic E-state index is 11.7. The fraction of sp³-hybridized carbons (Fsp3) is 0.438. The minimum absolute atomic E-state index is 0.0614. The number of nitrogens with zero attached hydrogens (tertiary/aromatic N) is 4. The van der Waals surface area contributed by atoms with E-state index in [1.54, 1.807) is 6.08 Å². The second-order valence-corrected chi connectivity index (χ2v) is 5.63. The van der Waals surface area contributed by atoms with Crippen molar-refractivity contribution < 1.29 is 4.79 Å². The minimum Gasteiger partial charge on any atom is -0.352 e. The normalized spacial score (nSPS) is 16.7. The van der Waals surface area contributed by atoms with E-state index in [9.17, 15) is 4.79 Å². The summed E-state index contributed by atoms with van der Waals surface area (Å²) in [5, 5.41) is 11.4. The van der Waals surface area contributed by atoms with Crippen LogP contribution in [0.5, 0.6) is 0 Å². The highest BCUT2D eigenvalue weighted by Crippen LogP contribution is 2.26. The number of fused-ring (bicyclic) bond motifs is 1. The smallest absolute Gasteiger partial charge is 0.234 e. The molecule has 1 aliphatic rings. The van der Waals surface area contributed by atoms with Crippen LogP contribution < -0.4 is 5.32 Å². The Morgan fingerprint density at radius 2 is 2.18 bits per heavy atom. The fourth-order valence-electron chi connectivity index (χ4n) is 2.93. The van der Waals surface area contributed by atoms with Crippen LogP contribution in [0.3, 0.4) is 0 Å². The van der Waals surface area contributed by atoms with Crippen LogP contribution in [0.15, 0.2) is 37.1 Å². The lowest BCUT2D eigenvalue weighted by Crippen LogP contribution is -2.41. The third-order valence-corrected chi connectivity index (χ3v) is 4.10. The van der Waals surface area contributed by atoms with Crippen molar-refractivity contribution in [2.75, 3.05) is 26.2 Å². The van der Waals surface area contributed by atoms with Crippen LogP contribution in [0.25, 0.3) is 5.65 Å². The van der Waals surface area contributed by atoms with E-state index in [1.165, 1.54) is 0 Å². The molecule has 1 fully saturated rings. The van der Waals surface area contributed by atoms with Gasteiger partial charge in [-0.2, -0.15) is 0 Å². The maximum Gasteiger partial charge on any atom is 0.234 e. The second kappa shape index (κ2) is 6.70. The molecule has 2 aromatic rings. The summed E-state index contributed by atoms with van der Waals surface area (Å²) in [6.07, 6.45) is 5.72. The maximum absolute atomic E-state index is 11.7. The average molecular weight is 299 g/mol. The van der Waals surface area contributed by atoms with Gasteiger partial charge in [-0.25, -0.2) is 0 Å². The van der Waals surface area contributed by atoms with Crippen LogP contribution >= 0.6 is 0 Å². The van der Waals surface area contributed by atoms with Crippen LogP contribution in [-0.4, -0.2) is 51.6 Å². The van der Waals surface area contributed by atoms with Gasteiger partial charge in [0.1, 0.15) is 5.82 Å². The molecule has 3 heterocycles. The Morgan fingerprint density at radius 1 is 1.36 bits per heavy atom. The predicted molar refractivity (Wildman–Crippen MR) is 84.6 cm³/mol. The third-order valence-electron chi connectivity index (χ3n) is 4.10. The van der Waals surface area contributed by atoms with Gasteiger partial charge in [0.15, 0.2) is 5.65 Å². The van der Waals surface area contributed by atoms with Gasteiger partial charge < -0.3 is 5.32 Å². The van der Waals surface area contributed by atoms with Gasteiger partial charge >= 0.3 is 0 Å². The lowest BCUT2D eigenvalue weighted by Gasteiger charge is -2.30. The minimum atomic E-state index is 0.0614. The molecule has 6 heteroatoms. The number of likely N-dealkylation sites (tertiary alicyclic amines) is 1. The summed E-state index contributed by atoms with van der Waals surface area (Å²) in [7, 11) is 0. The number of carbonyl (C=O) groups excluding carboxylic acids is 1. The Kier molecular flexibility index (Phi) is 4.48. The van der Waals surface area contributed by atoms with Crippen LogP contribution in [0.2, 0.25) is 0 Å². The highest BCUT2D eigenvalue weighted by Gasteiger charge is 2.25. The van der Waals surface area contributed by atoms with E-state index in [-0.39, 0.29) is 5.91 Å². The molecule has 3 rings (SSSR count). The number of rotatable bonds is 5. The molecule has 0 radical (unpaired) electrons. The van der Waals surface area contributed by atoms with Crippen LogP contribution in [0.1, 0.15) is 24.6 Å². The van der Waals surface area contributed by atoms with E-state index in [4.69, 9.17) is 0 Å². The number of hydrogen-bond donors (Lipinski definition) is 1. The number of carbonyl (C=O) groups is 1. The predicted octanol–water partition coefficient (Wildman–Crippen LogP) is 1.21. The molecule has 0 atom stereocenters. The van der Waals surface area contributed by atoms with E-state index in [0.29, 0.717) is 19.0 Å². The monoisotopic (exact) mass is 299 g/mol. The molecule has 0 spiro atoms. The zero-order chi connectivity index (χ0) is 15.4. The molecule has 1 saturated heterocycles. The van der Waals surface area contributed by atoms with Crippen molar-refractivity contribution >= 4 is 11.6 Å². The Balaban J connectivity index is 1.57. The van der Waals surface area contributed by atoms with E-state index in [2.05, 4.69) is 31.4 Å². The first-order valence-corrected chi connectivity index (χ1v) is 7.67. The van der Waals surface area contributed by atoms with Crippen LogP contribution in [0, 0.1) is 0 Å².